The van der Waals surface area contributed by atoms with Gasteiger partial charge in [-0.3, -0.25) is 4.99 Å². The zero-order valence-corrected chi connectivity index (χ0v) is 8.27. The van der Waals surface area contributed by atoms with Gasteiger partial charge in [0.25, 0.3) is 0 Å². The molecule has 5 heteroatoms. The molecule has 0 rings (SSSR count). The minimum absolute atomic E-state index is 0.271. The normalized spacial score (nSPS) is 15.1. The summed E-state index contributed by atoms with van der Waals surface area (Å²) in [5, 5.41) is 0. The Bertz CT molecular complexity index is 211. The molecule has 1 atom stereocenters. The molecule has 82 valence electrons. The number of halogens is 3. The predicted molar refractivity (Wildman–Crippen MR) is 49.1 cm³/mol. The van der Waals surface area contributed by atoms with E-state index in [1.54, 1.807) is 13.8 Å². The van der Waals surface area contributed by atoms with Crippen molar-refractivity contribution in [3.8, 4) is 0 Å². The summed E-state index contributed by atoms with van der Waals surface area (Å²) < 4.78 is 39.5. The Labute approximate surface area is 81.5 Å². The maximum atomic E-state index is 11.9. The van der Waals surface area contributed by atoms with E-state index in [1.165, 1.54) is 6.08 Å². The second-order valence-corrected chi connectivity index (χ2v) is 2.79. The van der Waals surface area contributed by atoms with E-state index in [-0.39, 0.29) is 12.4 Å². The Kier molecular flexibility index (Phi) is 5.27. The number of alkyl halides is 3. The summed E-state index contributed by atoms with van der Waals surface area (Å²) in [5.74, 6) is -0.672. The molecule has 0 saturated carbocycles. The van der Waals surface area contributed by atoms with E-state index in [0.29, 0.717) is 6.42 Å². The molecule has 1 unspecified atom stereocenters. The number of nitrogens with zero attached hydrogens (tertiary/aromatic N) is 1. The predicted octanol–water partition coefficient (Wildman–Crippen LogP) is 3.15. The first-order valence-electron chi connectivity index (χ1n) is 4.31. The molecule has 0 aromatic carbocycles. The second-order valence-electron chi connectivity index (χ2n) is 2.79. The lowest BCUT2D eigenvalue weighted by Gasteiger charge is -2.15. The van der Waals surface area contributed by atoms with Gasteiger partial charge in [-0.1, -0.05) is 13.0 Å². The molecule has 0 saturated heterocycles. The molecule has 0 aliphatic carbocycles. The number of rotatable bonds is 4. The van der Waals surface area contributed by atoms with Crippen LogP contribution in [0.25, 0.3) is 0 Å². The first-order chi connectivity index (χ1) is 6.40. The van der Waals surface area contributed by atoms with Crippen LogP contribution >= 0.6 is 0 Å². The maximum Gasteiger partial charge on any atom is 0.574 e. The van der Waals surface area contributed by atoms with Crippen LogP contribution in [0.5, 0.6) is 0 Å². The van der Waals surface area contributed by atoms with Crippen molar-refractivity contribution in [1.82, 2.24) is 0 Å². The van der Waals surface area contributed by atoms with Gasteiger partial charge in [-0.15, -0.1) is 19.8 Å². The Morgan fingerprint density at radius 2 is 2.14 bits per heavy atom. The molecular formula is C9H14F3NO. The van der Waals surface area contributed by atoms with Crippen molar-refractivity contribution in [2.45, 2.75) is 26.6 Å². The van der Waals surface area contributed by atoms with Gasteiger partial charge in [0.05, 0.1) is 0 Å². The zero-order valence-electron chi connectivity index (χ0n) is 8.27. The van der Waals surface area contributed by atoms with E-state index < -0.39 is 12.3 Å². The number of hydrogen-bond donors (Lipinski definition) is 0. The van der Waals surface area contributed by atoms with Crippen LogP contribution in [0.4, 0.5) is 13.2 Å². The third-order valence-corrected chi connectivity index (χ3v) is 1.48. The SMILES string of the molecule is C=CCC(C)C(=NCC)OC(F)(F)F. The van der Waals surface area contributed by atoms with E-state index >= 15 is 0 Å². The van der Waals surface area contributed by atoms with Crippen LogP contribution in [-0.2, 0) is 4.74 Å². The fraction of sp³-hybridized carbons (Fsp3) is 0.667. The summed E-state index contributed by atoms with van der Waals surface area (Å²) in [4.78, 5) is 3.65. The highest BCUT2D eigenvalue weighted by molar-refractivity contribution is 5.78. The minimum Gasteiger partial charge on any atom is -0.392 e. The largest absolute Gasteiger partial charge is 0.574 e. The van der Waals surface area contributed by atoms with Gasteiger partial charge in [0.1, 0.15) is 0 Å². The summed E-state index contributed by atoms with van der Waals surface area (Å²) in [5.41, 5.74) is 0. The molecule has 0 aromatic rings. The molecular weight excluding hydrogens is 195 g/mol. The number of ether oxygens (including phenoxy) is 1. The maximum absolute atomic E-state index is 11.9. The molecule has 0 amide bonds. The number of allylic oxidation sites excluding steroid dienone is 1. The Morgan fingerprint density at radius 3 is 2.50 bits per heavy atom. The topological polar surface area (TPSA) is 21.6 Å². The van der Waals surface area contributed by atoms with Crippen molar-refractivity contribution in [3.63, 3.8) is 0 Å². The van der Waals surface area contributed by atoms with Gasteiger partial charge in [-0.25, -0.2) is 0 Å². The van der Waals surface area contributed by atoms with Crippen molar-refractivity contribution in [2.75, 3.05) is 6.54 Å². The summed E-state index contributed by atoms with van der Waals surface area (Å²) in [6, 6.07) is 0. The molecule has 0 N–H and O–H groups in total. The Balaban J connectivity index is 4.44. The van der Waals surface area contributed by atoms with Crippen molar-refractivity contribution in [3.05, 3.63) is 12.7 Å². The minimum atomic E-state index is -4.66. The van der Waals surface area contributed by atoms with E-state index in [1.807, 2.05) is 0 Å². The molecule has 0 bridgehead atoms. The van der Waals surface area contributed by atoms with E-state index in [2.05, 4.69) is 16.3 Å². The number of hydrogen-bond acceptors (Lipinski definition) is 2. The van der Waals surface area contributed by atoms with Gasteiger partial charge < -0.3 is 4.74 Å². The summed E-state index contributed by atoms with van der Waals surface area (Å²) in [6.45, 7) is 6.98. The molecule has 14 heavy (non-hydrogen) atoms. The highest BCUT2D eigenvalue weighted by atomic mass is 19.4. The highest BCUT2D eigenvalue weighted by Gasteiger charge is 2.34. The quantitative estimate of drug-likeness (QED) is 0.396. The lowest BCUT2D eigenvalue weighted by atomic mass is 10.1. The average molecular weight is 209 g/mol. The van der Waals surface area contributed by atoms with Gasteiger partial charge in [0.15, 0.2) is 5.90 Å². The van der Waals surface area contributed by atoms with Crippen molar-refractivity contribution < 1.29 is 17.9 Å². The fourth-order valence-electron chi connectivity index (χ4n) is 0.914. The standard InChI is InChI=1S/C9H14F3NO/c1-4-6-7(3)8(13-5-2)14-9(10,11)12/h4,7H,1,5-6H2,2-3H3. The van der Waals surface area contributed by atoms with Crippen molar-refractivity contribution >= 4 is 5.90 Å². The van der Waals surface area contributed by atoms with E-state index in [9.17, 15) is 13.2 Å². The van der Waals surface area contributed by atoms with E-state index in [4.69, 9.17) is 0 Å². The molecule has 0 aromatic heterocycles. The third-order valence-electron chi connectivity index (χ3n) is 1.48. The van der Waals surface area contributed by atoms with Gasteiger partial charge >= 0.3 is 6.36 Å². The van der Waals surface area contributed by atoms with Gasteiger partial charge in [-0.2, -0.15) is 0 Å². The Hall–Kier alpha value is -1.00. The first-order valence-corrected chi connectivity index (χ1v) is 4.31. The van der Waals surface area contributed by atoms with Gasteiger partial charge in [-0.05, 0) is 13.3 Å². The van der Waals surface area contributed by atoms with Crippen molar-refractivity contribution in [1.29, 1.82) is 0 Å². The van der Waals surface area contributed by atoms with Crippen LogP contribution in [0.2, 0.25) is 0 Å². The molecule has 0 radical (unpaired) electrons. The molecule has 0 heterocycles. The molecule has 0 spiro atoms. The second kappa shape index (κ2) is 5.67. The van der Waals surface area contributed by atoms with Crippen LogP contribution in [0.15, 0.2) is 17.6 Å². The van der Waals surface area contributed by atoms with E-state index in [0.717, 1.165) is 0 Å². The average Bonchev–Trinajstić information content (AvgIpc) is 2.01. The Morgan fingerprint density at radius 1 is 1.57 bits per heavy atom. The summed E-state index contributed by atoms with van der Waals surface area (Å²) in [7, 11) is 0. The number of aliphatic imine (C=N–C) groups is 1. The lowest BCUT2D eigenvalue weighted by molar-refractivity contribution is -0.285. The van der Waals surface area contributed by atoms with Crippen LogP contribution in [-0.4, -0.2) is 18.8 Å². The third kappa shape index (κ3) is 5.61. The highest BCUT2D eigenvalue weighted by Crippen LogP contribution is 2.20. The van der Waals surface area contributed by atoms with Crippen LogP contribution in [0.3, 0.4) is 0 Å². The monoisotopic (exact) mass is 209 g/mol. The van der Waals surface area contributed by atoms with Gasteiger partial charge in [0, 0.05) is 12.5 Å². The molecule has 0 fully saturated rings. The smallest absolute Gasteiger partial charge is 0.392 e. The molecule has 2 nitrogen and oxygen atoms in total. The zero-order chi connectivity index (χ0) is 11.2. The summed E-state index contributed by atoms with van der Waals surface area (Å²) in [6.07, 6.45) is -2.71. The van der Waals surface area contributed by atoms with Crippen molar-refractivity contribution in [2.24, 2.45) is 10.9 Å². The van der Waals surface area contributed by atoms with Crippen LogP contribution < -0.4 is 0 Å². The van der Waals surface area contributed by atoms with Crippen LogP contribution in [0.1, 0.15) is 20.3 Å². The fourth-order valence-corrected chi connectivity index (χ4v) is 0.914. The lowest BCUT2D eigenvalue weighted by Crippen LogP contribution is -2.24. The van der Waals surface area contributed by atoms with Gasteiger partial charge in [0.2, 0.25) is 0 Å². The van der Waals surface area contributed by atoms with Crippen LogP contribution in [0, 0.1) is 5.92 Å². The molecule has 0 aliphatic rings. The summed E-state index contributed by atoms with van der Waals surface area (Å²) >= 11 is 0. The first kappa shape index (κ1) is 13.0. The molecule has 0 aliphatic heterocycles.